The quantitative estimate of drug-likeness (QED) is 0.391. The second-order valence-electron chi connectivity index (χ2n) is 6.94. The number of benzene rings is 3. The van der Waals surface area contributed by atoms with Crippen LogP contribution < -0.4 is 5.32 Å². The number of Topliss-reactive ketones (excluding diaryl/α,β-unsaturated/α-hetero) is 1. The summed E-state index contributed by atoms with van der Waals surface area (Å²) >= 11 is 0. The van der Waals surface area contributed by atoms with Crippen molar-refractivity contribution in [1.82, 2.24) is 4.57 Å². The number of carbonyl (C=O) groups excluding carboxylic acids is 2. The first-order valence-corrected chi connectivity index (χ1v) is 9.21. The van der Waals surface area contributed by atoms with Crippen LogP contribution >= 0.6 is 0 Å². The molecule has 4 nitrogen and oxygen atoms in total. The van der Waals surface area contributed by atoms with Gasteiger partial charge in [-0.3, -0.25) is 9.59 Å². The maximum atomic E-state index is 14.0. The van der Waals surface area contributed by atoms with Gasteiger partial charge in [0.05, 0.1) is 0 Å². The average molecular weight is 386 g/mol. The minimum atomic E-state index is -0.764. The minimum Gasteiger partial charge on any atom is -0.347 e. The molecule has 4 rings (SSSR count). The highest BCUT2D eigenvalue weighted by atomic mass is 19.1. The Balaban J connectivity index is 1.72. The van der Waals surface area contributed by atoms with Crippen LogP contribution in [0.3, 0.4) is 0 Å². The fraction of sp³-hybridized carbons (Fsp3) is 0.0833. The van der Waals surface area contributed by atoms with Crippen LogP contribution in [0, 0.1) is 12.7 Å². The Hall–Kier alpha value is -3.73. The van der Waals surface area contributed by atoms with E-state index >= 15 is 0 Å². The van der Waals surface area contributed by atoms with Crippen molar-refractivity contribution in [2.45, 2.75) is 6.92 Å². The van der Waals surface area contributed by atoms with E-state index in [4.69, 9.17) is 0 Å². The number of rotatable bonds is 4. The average Bonchev–Trinajstić information content (AvgIpc) is 3.02. The summed E-state index contributed by atoms with van der Waals surface area (Å²) in [6.45, 7) is 1.91. The number of hydrogen-bond acceptors (Lipinski definition) is 2. The number of hydrogen-bond donors (Lipinski definition) is 1. The van der Waals surface area contributed by atoms with Crippen molar-refractivity contribution in [3.63, 3.8) is 0 Å². The zero-order valence-electron chi connectivity index (χ0n) is 16.1. The van der Waals surface area contributed by atoms with Gasteiger partial charge in [0.1, 0.15) is 11.5 Å². The molecule has 0 bridgehead atoms. The highest BCUT2D eigenvalue weighted by Crippen LogP contribution is 2.30. The van der Waals surface area contributed by atoms with E-state index in [9.17, 15) is 14.0 Å². The second-order valence-corrected chi connectivity index (χ2v) is 6.94. The van der Waals surface area contributed by atoms with Crippen LogP contribution in [0.5, 0.6) is 0 Å². The molecule has 0 fully saturated rings. The molecule has 0 unspecified atom stereocenters. The highest BCUT2D eigenvalue weighted by molar-refractivity contribution is 6.47. The summed E-state index contributed by atoms with van der Waals surface area (Å²) in [6, 6.07) is 19.1. The van der Waals surface area contributed by atoms with E-state index in [-0.39, 0.29) is 5.82 Å². The first-order valence-electron chi connectivity index (χ1n) is 9.21. The first-order chi connectivity index (χ1) is 14.0. The summed E-state index contributed by atoms with van der Waals surface area (Å²) in [6.07, 6.45) is 1.83. The molecule has 0 saturated carbocycles. The molecule has 4 aromatic rings. The molecule has 3 aromatic carbocycles. The van der Waals surface area contributed by atoms with Gasteiger partial charge in [0.2, 0.25) is 0 Å². The number of ketones is 1. The number of carbonyl (C=O) groups is 2. The molecular formula is C24H19FN2O2. The summed E-state index contributed by atoms with van der Waals surface area (Å²) in [7, 11) is 1.74. The largest absolute Gasteiger partial charge is 0.347 e. The summed E-state index contributed by atoms with van der Waals surface area (Å²) in [4.78, 5) is 25.9. The lowest BCUT2D eigenvalue weighted by molar-refractivity contribution is -0.112. The predicted octanol–water partition coefficient (Wildman–Crippen LogP) is 5.11. The molecule has 1 aromatic heterocycles. The van der Waals surface area contributed by atoms with Crippen molar-refractivity contribution < 1.29 is 14.0 Å². The molecule has 0 aliphatic rings. The Bertz CT molecular complexity index is 1240. The lowest BCUT2D eigenvalue weighted by Crippen LogP contribution is -2.25. The van der Waals surface area contributed by atoms with Gasteiger partial charge in [0, 0.05) is 35.3 Å². The van der Waals surface area contributed by atoms with E-state index < -0.39 is 11.7 Å². The normalized spacial score (nSPS) is 10.9. The Morgan fingerprint density at radius 3 is 2.34 bits per heavy atom. The summed E-state index contributed by atoms with van der Waals surface area (Å²) in [5.41, 5.74) is 3.22. The number of nitrogens with zero attached hydrogens (tertiary/aromatic N) is 1. The summed E-state index contributed by atoms with van der Waals surface area (Å²) in [5.74, 6) is -1.79. The number of nitrogens with one attached hydrogen (secondary N) is 1. The standard InChI is InChI=1S/C24H19FN2O2/c1-15-14-27(2)22(21(15)16-8-4-3-5-9-16)23(28)24(29)26-20-13-7-10-17-18(20)11-6-12-19(17)25/h3-14H,1-2H3,(H,26,29). The van der Waals surface area contributed by atoms with E-state index in [1.54, 1.807) is 41.9 Å². The fourth-order valence-electron chi connectivity index (χ4n) is 3.69. The van der Waals surface area contributed by atoms with Gasteiger partial charge in [-0.1, -0.05) is 54.6 Å². The molecule has 1 amide bonds. The van der Waals surface area contributed by atoms with Crippen molar-refractivity contribution in [2.24, 2.45) is 7.05 Å². The molecule has 0 aliphatic heterocycles. The summed E-state index contributed by atoms with van der Waals surface area (Å²) < 4.78 is 15.7. The molecule has 0 saturated heterocycles. The van der Waals surface area contributed by atoms with Crippen molar-refractivity contribution in [2.75, 3.05) is 5.32 Å². The second kappa shape index (κ2) is 7.36. The van der Waals surface area contributed by atoms with E-state index in [2.05, 4.69) is 5.32 Å². The molecular weight excluding hydrogens is 367 g/mol. The lowest BCUT2D eigenvalue weighted by atomic mass is 10.00. The van der Waals surface area contributed by atoms with Crippen LogP contribution in [0.2, 0.25) is 0 Å². The molecule has 144 valence electrons. The Kier molecular flexibility index (Phi) is 4.72. The third kappa shape index (κ3) is 3.31. The molecule has 5 heteroatoms. The third-order valence-corrected chi connectivity index (χ3v) is 4.97. The van der Waals surface area contributed by atoms with Gasteiger partial charge in [-0.15, -0.1) is 0 Å². The summed E-state index contributed by atoms with van der Waals surface area (Å²) in [5, 5.41) is 3.59. The Labute approximate surface area is 167 Å². The number of halogens is 1. The first kappa shape index (κ1) is 18.6. The Morgan fingerprint density at radius 2 is 1.59 bits per heavy atom. The SMILES string of the molecule is Cc1cn(C)c(C(=O)C(=O)Nc2cccc3c(F)cccc23)c1-c1ccccc1. The van der Waals surface area contributed by atoms with Gasteiger partial charge >= 0.3 is 0 Å². The van der Waals surface area contributed by atoms with E-state index in [0.29, 0.717) is 22.2 Å². The monoisotopic (exact) mass is 386 g/mol. The molecule has 0 atom stereocenters. The van der Waals surface area contributed by atoms with Gasteiger partial charge in [-0.25, -0.2) is 4.39 Å². The fourth-order valence-corrected chi connectivity index (χ4v) is 3.69. The predicted molar refractivity (Wildman–Crippen MR) is 112 cm³/mol. The highest BCUT2D eigenvalue weighted by Gasteiger charge is 2.25. The molecule has 0 aliphatic carbocycles. The van der Waals surface area contributed by atoms with E-state index in [0.717, 1.165) is 16.7 Å². The van der Waals surface area contributed by atoms with Crippen molar-refractivity contribution in [1.29, 1.82) is 0 Å². The molecule has 1 heterocycles. The molecule has 0 spiro atoms. The number of aromatic nitrogens is 1. The van der Waals surface area contributed by atoms with Gasteiger partial charge in [-0.05, 0) is 30.2 Å². The van der Waals surface area contributed by atoms with Gasteiger partial charge in [-0.2, -0.15) is 0 Å². The van der Waals surface area contributed by atoms with Crippen molar-refractivity contribution >= 4 is 28.2 Å². The smallest absolute Gasteiger partial charge is 0.298 e. The third-order valence-electron chi connectivity index (χ3n) is 4.97. The van der Waals surface area contributed by atoms with Crippen molar-refractivity contribution in [3.05, 3.63) is 90.0 Å². The van der Waals surface area contributed by atoms with Crippen LogP contribution in [-0.2, 0) is 11.8 Å². The number of anilines is 1. The number of amides is 1. The van der Waals surface area contributed by atoms with Crippen molar-refractivity contribution in [3.8, 4) is 11.1 Å². The zero-order chi connectivity index (χ0) is 20.5. The van der Waals surface area contributed by atoms with Crippen LogP contribution in [0.4, 0.5) is 10.1 Å². The van der Waals surface area contributed by atoms with Gasteiger partial charge < -0.3 is 9.88 Å². The van der Waals surface area contributed by atoms with Crippen LogP contribution in [0.1, 0.15) is 16.1 Å². The molecule has 1 N–H and O–H groups in total. The Morgan fingerprint density at radius 1 is 0.897 bits per heavy atom. The molecule has 29 heavy (non-hydrogen) atoms. The van der Waals surface area contributed by atoms with Gasteiger partial charge in [0.15, 0.2) is 0 Å². The lowest BCUT2D eigenvalue weighted by Gasteiger charge is -2.11. The number of fused-ring (bicyclic) bond motifs is 1. The maximum absolute atomic E-state index is 14.0. The topological polar surface area (TPSA) is 51.1 Å². The van der Waals surface area contributed by atoms with E-state index in [1.165, 1.54) is 6.07 Å². The zero-order valence-corrected chi connectivity index (χ0v) is 16.1. The molecule has 0 radical (unpaired) electrons. The van der Waals surface area contributed by atoms with Crippen LogP contribution in [0.15, 0.2) is 72.9 Å². The van der Waals surface area contributed by atoms with Crippen LogP contribution in [-0.4, -0.2) is 16.3 Å². The number of aryl methyl sites for hydroxylation is 2. The minimum absolute atomic E-state index is 0.317. The van der Waals surface area contributed by atoms with Gasteiger partial charge in [0.25, 0.3) is 11.7 Å². The van der Waals surface area contributed by atoms with E-state index in [1.807, 2.05) is 43.5 Å². The van der Waals surface area contributed by atoms with Crippen LogP contribution in [0.25, 0.3) is 21.9 Å². The maximum Gasteiger partial charge on any atom is 0.298 e.